The quantitative estimate of drug-likeness (QED) is 0.700. The number of aryl methyl sites for hydroxylation is 1. The lowest BCUT2D eigenvalue weighted by atomic mass is 10.2. The largest absolute Gasteiger partial charge is 0.396 e. The van der Waals surface area contributed by atoms with Crippen molar-refractivity contribution in [2.45, 2.75) is 18.2 Å². The van der Waals surface area contributed by atoms with Gasteiger partial charge >= 0.3 is 0 Å². The van der Waals surface area contributed by atoms with E-state index >= 15 is 0 Å². The third-order valence-corrected chi connectivity index (χ3v) is 4.73. The van der Waals surface area contributed by atoms with E-state index in [1.807, 2.05) is 6.92 Å². The molecule has 0 aromatic heterocycles. The molecule has 0 aliphatic heterocycles. The van der Waals surface area contributed by atoms with Crippen LogP contribution in [0.4, 0.5) is 0 Å². The predicted molar refractivity (Wildman–Crippen MR) is 77.9 cm³/mol. The fraction of sp³-hybridized carbons (Fsp3) is 0.429. The van der Waals surface area contributed by atoms with Gasteiger partial charge in [0.15, 0.2) is 0 Å². The molecule has 0 saturated heterocycles. The fourth-order valence-electron chi connectivity index (χ4n) is 1.74. The Hall–Kier alpha value is -1.21. The minimum absolute atomic E-state index is 0.000653. The molecule has 0 atom stereocenters. The van der Waals surface area contributed by atoms with E-state index in [1.165, 1.54) is 4.31 Å². The number of rotatable bonds is 8. The lowest BCUT2D eigenvalue weighted by Gasteiger charge is -2.22. The van der Waals surface area contributed by atoms with E-state index in [0.717, 1.165) is 5.56 Å². The van der Waals surface area contributed by atoms with E-state index in [2.05, 4.69) is 6.58 Å². The first-order chi connectivity index (χ1) is 9.41. The smallest absolute Gasteiger partial charge is 0.243 e. The van der Waals surface area contributed by atoms with E-state index in [-0.39, 0.29) is 31.2 Å². The molecule has 0 bridgehead atoms. The number of hydrogen-bond acceptors (Lipinski definition) is 4. The standard InChI is InChI=1S/C14H21NO4S/c1-12-3-5-14(6-4-12)20(18,19)15(8-10-17)11-13(2)7-9-16/h3-6,16-17H,2,7-11H2,1H3. The zero-order valence-electron chi connectivity index (χ0n) is 11.6. The van der Waals surface area contributed by atoms with Gasteiger partial charge < -0.3 is 10.2 Å². The van der Waals surface area contributed by atoms with Crippen molar-refractivity contribution < 1.29 is 18.6 Å². The van der Waals surface area contributed by atoms with Gasteiger partial charge in [-0.3, -0.25) is 0 Å². The number of aliphatic hydroxyl groups is 2. The van der Waals surface area contributed by atoms with Gasteiger partial charge in [0.25, 0.3) is 0 Å². The molecule has 112 valence electrons. The maximum atomic E-state index is 12.5. The Morgan fingerprint density at radius 3 is 2.30 bits per heavy atom. The van der Waals surface area contributed by atoms with Crippen LogP contribution in [0.15, 0.2) is 41.3 Å². The molecule has 6 heteroatoms. The number of aliphatic hydroxyl groups excluding tert-OH is 2. The molecule has 0 aliphatic rings. The Kier molecular flexibility index (Phi) is 6.35. The van der Waals surface area contributed by atoms with Crippen molar-refractivity contribution in [3.63, 3.8) is 0 Å². The van der Waals surface area contributed by atoms with Gasteiger partial charge in [-0.2, -0.15) is 4.31 Å². The van der Waals surface area contributed by atoms with E-state index in [0.29, 0.717) is 12.0 Å². The molecule has 0 heterocycles. The summed E-state index contributed by atoms with van der Waals surface area (Å²) in [5, 5.41) is 17.9. The minimum Gasteiger partial charge on any atom is -0.396 e. The van der Waals surface area contributed by atoms with Crippen LogP contribution in [0, 0.1) is 6.92 Å². The summed E-state index contributed by atoms with van der Waals surface area (Å²) in [5.41, 5.74) is 1.58. The summed E-state index contributed by atoms with van der Waals surface area (Å²) in [6.07, 6.45) is 0.339. The second kappa shape index (κ2) is 7.54. The highest BCUT2D eigenvalue weighted by molar-refractivity contribution is 7.89. The van der Waals surface area contributed by atoms with Crippen LogP contribution in [-0.4, -0.2) is 49.2 Å². The van der Waals surface area contributed by atoms with Gasteiger partial charge in [0.2, 0.25) is 10.0 Å². The van der Waals surface area contributed by atoms with Crippen molar-refractivity contribution in [2.24, 2.45) is 0 Å². The highest BCUT2D eigenvalue weighted by Crippen LogP contribution is 2.17. The molecule has 0 amide bonds. The van der Waals surface area contributed by atoms with Crippen molar-refractivity contribution in [1.82, 2.24) is 4.31 Å². The molecule has 1 rings (SSSR count). The van der Waals surface area contributed by atoms with Crippen molar-refractivity contribution >= 4 is 10.0 Å². The van der Waals surface area contributed by atoms with E-state index < -0.39 is 10.0 Å². The molecule has 0 aliphatic carbocycles. The summed E-state index contributed by atoms with van der Waals surface area (Å²) in [7, 11) is -3.66. The van der Waals surface area contributed by atoms with Crippen molar-refractivity contribution in [3.8, 4) is 0 Å². The van der Waals surface area contributed by atoms with Gasteiger partial charge in [-0.1, -0.05) is 29.8 Å². The monoisotopic (exact) mass is 299 g/mol. The van der Waals surface area contributed by atoms with E-state index in [9.17, 15) is 8.42 Å². The fourth-order valence-corrected chi connectivity index (χ4v) is 3.19. The number of sulfonamides is 1. The van der Waals surface area contributed by atoms with Gasteiger partial charge in [-0.15, -0.1) is 0 Å². The second-order valence-electron chi connectivity index (χ2n) is 4.60. The number of nitrogens with zero attached hydrogens (tertiary/aromatic N) is 1. The zero-order chi connectivity index (χ0) is 15.2. The molecule has 0 fully saturated rings. The van der Waals surface area contributed by atoms with Gasteiger partial charge in [0.05, 0.1) is 11.5 Å². The Labute approximate surface area is 120 Å². The molecule has 5 nitrogen and oxygen atoms in total. The molecule has 2 N–H and O–H groups in total. The van der Waals surface area contributed by atoms with Crippen LogP contribution in [-0.2, 0) is 10.0 Å². The molecular weight excluding hydrogens is 278 g/mol. The van der Waals surface area contributed by atoms with Crippen LogP contribution in [0.3, 0.4) is 0 Å². The average molecular weight is 299 g/mol. The topological polar surface area (TPSA) is 77.8 Å². The number of benzene rings is 1. The van der Waals surface area contributed by atoms with Crippen LogP contribution < -0.4 is 0 Å². The molecule has 1 aromatic carbocycles. The van der Waals surface area contributed by atoms with Crippen molar-refractivity contribution in [1.29, 1.82) is 0 Å². The Morgan fingerprint density at radius 2 is 1.80 bits per heavy atom. The Morgan fingerprint density at radius 1 is 1.20 bits per heavy atom. The highest BCUT2D eigenvalue weighted by Gasteiger charge is 2.24. The maximum absolute atomic E-state index is 12.5. The van der Waals surface area contributed by atoms with Crippen molar-refractivity contribution in [2.75, 3.05) is 26.3 Å². The van der Waals surface area contributed by atoms with Gasteiger partial charge in [-0.25, -0.2) is 8.42 Å². The highest BCUT2D eigenvalue weighted by atomic mass is 32.2. The van der Waals surface area contributed by atoms with Crippen LogP contribution >= 0.6 is 0 Å². The average Bonchev–Trinajstić information content (AvgIpc) is 2.39. The van der Waals surface area contributed by atoms with Gasteiger partial charge in [0, 0.05) is 19.7 Å². The molecule has 20 heavy (non-hydrogen) atoms. The van der Waals surface area contributed by atoms with Crippen LogP contribution in [0.1, 0.15) is 12.0 Å². The van der Waals surface area contributed by atoms with Gasteiger partial charge in [0.1, 0.15) is 0 Å². The lowest BCUT2D eigenvalue weighted by molar-refractivity contribution is 0.255. The van der Waals surface area contributed by atoms with Crippen LogP contribution in [0.5, 0.6) is 0 Å². The van der Waals surface area contributed by atoms with Crippen LogP contribution in [0.25, 0.3) is 0 Å². The number of hydrogen-bond donors (Lipinski definition) is 2. The first-order valence-electron chi connectivity index (χ1n) is 6.37. The predicted octanol–water partition coefficient (Wildman–Crippen LogP) is 0.917. The minimum atomic E-state index is -3.66. The van der Waals surface area contributed by atoms with E-state index in [4.69, 9.17) is 10.2 Å². The molecule has 0 spiro atoms. The van der Waals surface area contributed by atoms with Gasteiger partial charge in [-0.05, 0) is 25.5 Å². The molecule has 1 aromatic rings. The lowest BCUT2D eigenvalue weighted by Crippen LogP contribution is -2.35. The van der Waals surface area contributed by atoms with E-state index in [1.54, 1.807) is 24.3 Å². The zero-order valence-corrected chi connectivity index (χ0v) is 12.4. The molecule has 0 saturated carbocycles. The third kappa shape index (κ3) is 4.42. The first-order valence-corrected chi connectivity index (χ1v) is 7.81. The molecule has 0 unspecified atom stereocenters. The summed E-state index contributed by atoms with van der Waals surface area (Å²) in [6.45, 7) is 5.38. The molecular formula is C14H21NO4S. The Bertz CT molecular complexity index is 537. The maximum Gasteiger partial charge on any atom is 0.243 e. The summed E-state index contributed by atoms with van der Waals surface area (Å²) in [5.74, 6) is 0. The summed E-state index contributed by atoms with van der Waals surface area (Å²) in [4.78, 5) is 0.188. The van der Waals surface area contributed by atoms with Crippen LogP contribution in [0.2, 0.25) is 0 Å². The summed E-state index contributed by atoms with van der Waals surface area (Å²) < 4.78 is 26.1. The third-order valence-electron chi connectivity index (χ3n) is 2.87. The Balaban J connectivity index is 2.99. The summed E-state index contributed by atoms with van der Waals surface area (Å²) >= 11 is 0. The molecule has 0 radical (unpaired) electrons. The van der Waals surface area contributed by atoms with Crippen molar-refractivity contribution in [3.05, 3.63) is 42.0 Å². The summed E-state index contributed by atoms with van der Waals surface area (Å²) in [6, 6.07) is 6.55. The first kappa shape index (κ1) is 16.8. The second-order valence-corrected chi connectivity index (χ2v) is 6.54. The SMILES string of the molecule is C=C(CCO)CN(CCO)S(=O)(=O)c1ccc(C)cc1. The normalized spacial score (nSPS) is 11.8.